The summed E-state index contributed by atoms with van der Waals surface area (Å²) in [7, 11) is 0. The van der Waals surface area contributed by atoms with Gasteiger partial charge in [-0.3, -0.25) is 0 Å². The minimum atomic E-state index is 0.491. The van der Waals surface area contributed by atoms with Crippen molar-refractivity contribution in [2.24, 2.45) is 5.92 Å². The van der Waals surface area contributed by atoms with Crippen molar-refractivity contribution in [1.29, 1.82) is 0 Å². The average Bonchev–Trinajstić information content (AvgIpc) is 3.00. The molecule has 1 heterocycles. The second kappa shape index (κ2) is 9.55. The van der Waals surface area contributed by atoms with Crippen LogP contribution < -0.4 is 5.32 Å². The van der Waals surface area contributed by atoms with Crippen LogP contribution in [0.3, 0.4) is 0 Å². The summed E-state index contributed by atoms with van der Waals surface area (Å²) >= 11 is 4.29. The first kappa shape index (κ1) is 17.8. The molecule has 0 saturated carbocycles. The Morgan fingerprint density at radius 1 is 1.17 bits per heavy atom. The fraction of sp³-hybridized carbons (Fsp3) is 0.588. The monoisotopic (exact) mass is 333 g/mol. The molecule has 2 rings (SSSR count). The van der Waals surface area contributed by atoms with E-state index >= 15 is 0 Å². The maximum Gasteiger partial charge on any atom is 0.211 e. The molecule has 0 fully saturated rings. The van der Waals surface area contributed by atoms with Crippen molar-refractivity contribution in [3.8, 4) is 5.69 Å². The molecule has 1 N–H and O–H groups in total. The quantitative estimate of drug-likeness (QED) is 0.501. The van der Waals surface area contributed by atoms with Gasteiger partial charge in [0.2, 0.25) is 5.16 Å². The molecule has 0 spiro atoms. The number of nitrogens with one attached hydrogen (secondary N) is 1. The third kappa shape index (κ3) is 5.23. The molecule has 2 aromatic rings. The maximum absolute atomic E-state index is 4.29. The van der Waals surface area contributed by atoms with E-state index in [9.17, 15) is 0 Å². The van der Waals surface area contributed by atoms with Gasteiger partial charge in [-0.15, -0.1) is 17.7 Å². The van der Waals surface area contributed by atoms with Crippen molar-refractivity contribution in [3.05, 3.63) is 24.3 Å². The predicted molar refractivity (Wildman–Crippen MR) is 97.4 cm³/mol. The van der Waals surface area contributed by atoms with Crippen molar-refractivity contribution in [2.75, 3.05) is 11.9 Å². The molecule has 5 nitrogen and oxygen atoms in total. The molecule has 126 valence electrons. The molecule has 1 aromatic heterocycles. The van der Waals surface area contributed by atoms with Crippen molar-refractivity contribution in [2.45, 2.75) is 57.5 Å². The maximum atomic E-state index is 4.29. The molecule has 0 radical (unpaired) electrons. The van der Waals surface area contributed by atoms with E-state index in [1.807, 2.05) is 18.2 Å². The summed E-state index contributed by atoms with van der Waals surface area (Å²) in [5, 5.41) is 15.5. The first-order valence-corrected chi connectivity index (χ1v) is 9.01. The Labute approximate surface area is 144 Å². The van der Waals surface area contributed by atoms with Crippen LogP contribution in [-0.4, -0.2) is 26.8 Å². The second-order valence-corrected chi connectivity index (χ2v) is 6.29. The Hall–Kier alpha value is -1.56. The number of unbranched alkanes of at least 4 members (excludes halogenated alkanes) is 2. The number of thiol groups is 1. The number of tetrazole rings is 1. The lowest BCUT2D eigenvalue weighted by Gasteiger charge is -2.17. The number of anilines is 1. The van der Waals surface area contributed by atoms with Gasteiger partial charge in [0.1, 0.15) is 0 Å². The Balaban J connectivity index is 1.92. The van der Waals surface area contributed by atoms with Crippen molar-refractivity contribution >= 4 is 18.3 Å². The summed E-state index contributed by atoms with van der Waals surface area (Å²) in [4.78, 5) is 0. The van der Waals surface area contributed by atoms with Gasteiger partial charge in [0.25, 0.3) is 0 Å². The van der Waals surface area contributed by atoms with Gasteiger partial charge < -0.3 is 5.32 Å². The Kier molecular flexibility index (Phi) is 7.39. The fourth-order valence-corrected chi connectivity index (χ4v) is 2.98. The lowest BCUT2D eigenvalue weighted by Crippen LogP contribution is -2.11. The van der Waals surface area contributed by atoms with Crippen LogP contribution in [0, 0.1) is 5.92 Å². The van der Waals surface area contributed by atoms with Crippen molar-refractivity contribution < 1.29 is 0 Å². The zero-order valence-corrected chi connectivity index (χ0v) is 15.0. The summed E-state index contributed by atoms with van der Waals surface area (Å²) in [5.41, 5.74) is 1.97. The highest BCUT2D eigenvalue weighted by atomic mass is 32.1. The highest BCUT2D eigenvalue weighted by Crippen LogP contribution is 2.22. The molecule has 23 heavy (non-hydrogen) atoms. The predicted octanol–water partition coefficient (Wildman–Crippen LogP) is 4.36. The number of rotatable bonds is 10. The van der Waals surface area contributed by atoms with Crippen LogP contribution >= 0.6 is 12.6 Å². The smallest absolute Gasteiger partial charge is 0.211 e. The molecular formula is C17H27N5S. The van der Waals surface area contributed by atoms with Gasteiger partial charge in [0.15, 0.2) is 0 Å². The number of para-hydroxylation sites is 2. The standard InChI is InChI=1S/C17H27N5S/c1-3-5-6-9-14(4-2)12-13-18-15-10-7-8-11-16(15)22-17(23)19-20-21-22/h7-8,10-11,14,18H,3-6,9,12-13H2,1-2H3,(H,19,21,23). The largest absolute Gasteiger partial charge is 0.383 e. The van der Waals surface area contributed by atoms with Crippen molar-refractivity contribution in [3.63, 3.8) is 0 Å². The third-order valence-electron chi connectivity index (χ3n) is 4.25. The molecule has 1 aromatic carbocycles. The van der Waals surface area contributed by atoms with Crippen LogP contribution in [0.4, 0.5) is 5.69 Å². The van der Waals surface area contributed by atoms with E-state index in [2.05, 4.69) is 53.4 Å². The second-order valence-electron chi connectivity index (χ2n) is 5.89. The number of benzene rings is 1. The molecule has 0 saturated heterocycles. The van der Waals surface area contributed by atoms with Crippen LogP contribution in [-0.2, 0) is 0 Å². The molecule has 0 aliphatic rings. The Bertz CT molecular complexity index is 584. The van der Waals surface area contributed by atoms with Crippen LogP contribution in [0.1, 0.15) is 52.4 Å². The van der Waals surface area contributed by atoms with E-state index in [0.717, 1.165) is 23.8 Å². The van der Waals surface area contributed by atoms with Gasteiger partial charge in [0, 0.05) is 6.54 Å². The minimum absolute atomic E-state index is 0.491. The van der Waals surface area contributed by atoms with E-state index in [-0.39, 0.29) is 0 Å². The highest BCUT2D eigenvalue weighted by Gasteiger charge is 2.10. The number of nitrogens with zero attached hydrogens (tertiary/aromatic N) is 4. The van der Waals surface area contributed by atoms with E-state index in [0.29, 0.717) is 5.16 Å². The Morgan fingerprint density at radius 3 is 2.70 bits per heavy atom. The SMILES string of the molecule is CCCCCC(CC)CCNc1ccccc1-n1nnnc1S. The van der Waals surface area contributed by atoms with Gasteiger partial charge >= 0.3 is 0 Å². The topological polar surface area (TPSA) is 55.6 Å². The molecular weight excluding hydrogens is 306 g/mol. The van der Waals surface area contributed by atoms with Gasteiger partial charge in [0.05, 0.1) is 11.4 Å². The van der Waals surface area contributed by atoms with Gasteiger partial charge in [-0.2, -0.15) is 4.68 Å². The van der Waals surface area contributed by atoms with E-state index in [1.165, 1.54) is 38.5 Å². The Morgan fingerprint density at radius 2 is 2.00 bits per heavy atom. The highest BCUT2D eigenvalue weighted by molar-refractivity contribution is 7.80. The molecule has 1 unspecified atom stereocenters. The summed E-state index contributed by atoms with van der Waals surface area (Å²) in [6.07, 6.45) is 7.76. The van der Waals surface area contributed by atoms with Gasteiger partial charge in [-0.1, -0.05) is 58.1 Å². The fourth-order valence-electron chi connectivity index (χ4n) is 2.79. The lowest BCUT2D eigenvalue weighted by atomic mass is 9.95. The zero-order valence-electron chi connectivity index (χ0n) is 14.1. The minimum Gasteiger partial charge on any atom is -0.383 e. The van der Waals surface area contributed by atoms with Gasteiger partial charge in [-0.05, 0) is 34.9 Å². The molecule has 1 atom stereocenters. The first-order valence-electron chi connectivity index (χ1n) is 8.56. The normalized spacial score (nSPS) is 12.3. The first-order chi connectivity index (χ1) is 11.3. The number of hydrogen-bond acceptors (Lipinski definition) is 5. The third-order valence-corrected chi connectivity index (χ3v) is 4.53. The molecule has 0 aliphatic heterocycles. The van der Waals surface area contributed by atoms with Crippen LogP contribution in [0.25, 0.3) is 5.69 Å². The summed E-state index contributed by atoms with van der Waals surface area (Å²) < 4.78 is 1.64. The lowest BCUT2D eigenvalue weighted by molar-refractivity contribution is 0.426. The van der Waals surface area contributed by atoms with E-state index in [1.54, 1.807) is 4.68 Å². The summed E-state index contributed by atoms with van der Waals surface area (Å²) in [6, 6.07) is 8.06. The molecule has 0 aliphatic carbocycles. The molecule has 6 heteroatoms. The van der Waals surface area contributed by atoms with Crippen molar-refractivity contribution in [1.82, 2.24) is 20.2 Å². The van der Waals surface area contributed by atoms with E-state index in [4.69, 9.17) is 0 Å². The summed E-state index contributed by atoms with van der Waals surface area (Å²) in [6.45, 7) is 5.51. The van der Waals surface area contributed by atoms with Crippen LogP contribution in [0.15, 0.2) is 29.4 Å². The van der Waals surface area contributed by atoms with E-state index < -0.39 is 0 Å². The average molecular weight is 334 g/mol. The van der Waals surface area contributed by atoms with Crippen LogP contribution in [0.5, 0.6) is 0 Å². The summed E-state index contributed by atoms with van der Waals surface area (Å²) in [5.74, 6) is 0.801. The number of hydrogen-bond donors (Lipinski definition) is 2. The molecule has 0 amide bonds. The number of aromatic nitrogens is 4. The zero-order chi connectivity index (χ0) is 16.5. The van der Waals surface area contributed by atoms with Crippen LogP contribution in [0.2, 0.25) is 0 Å². The molecule has 0 bridgehead atoms. The van der Waals surface area contributed by atoms with Gasteiger partial charge in [-0.25, -0.2) is 0 Å².